The molecule has 1 rings (SSSR count). The molecule has 0 aliphatic carbocycles. The Morgan fingerprint density at radius 2 is 1.81 bits per heavy atom. The first-order valence-corrected chi connectivity index (χ1v) is 5.42. The van der Waals surface area contributed by atoms with Crippen molar-refractivity contribution < 1.29 is 13.5 Å². The second-order valence-electron chi connectivity index (χ2n) is 3.71. The summed E-state index contributed by atoms with van der Waals surface area (Å²) in [7, 11) is 0. The van der Waals surface area contributed by atoms with Crippen molar-refractivity contribution in [2.24, 2.45) is 5.73 Å². The normalized spacial score (nSPS) is 12.8. The van der Waals surface area contributed by atoms with Gasteiger partial charge >= 0.3 is 0 Å². The van der Waals surface area contributed by atoms with Crippen molar-refractivity contribution in [1.29, 1.82) is 0 Å². The van der Waals surface area contributed by atoms with E-state index in [0.29, 0.717) is 25.2 Å². The van der Waals surface area contributed by atoms with Crippen LogP contribution < -0.4 is 5.73 Å². The van der Waals surface area contributed by atoms with Gasteiger partial charge in [-0.25, -0.2) is 8.78 Å². The monoisotopic (exact) mass is 229 g/mol. The van der Waals surface area contributed by atoms with Gasteiger partial charge in [0, 0.05) is 25.3 Å². The van der Waals surface area contributed by atoms with E-state index in [4.69, 9.17) is 10.5 Å². The fourth-order valence-corrected chi connectivity index (χ4v) is 1.41. The van der Waals surface area contributed by atoms with Gasteiger partial charge in [-0.2, -0.15) is 0 Å². The highest BCUT2D eigenvalue weighted by Gasteiger charge is 2.08. The maximum atomic E-state index is 12.9. The van der Waals surface area contributed by atoms with Gasteiger partial charge in [-0.05, 0) is 30.5 Å². The zero-order chi connectivity index (χ0) is 12.0. The number of hydrogen-bond donors (Lipinski definition) is 1. The molecule has 0 heterocycles. The van der Waals surface area contributed by atoms with Crippen molar-refractivity contribution >= 4 is 0 Å². The van der Waals surface area contributed by atoms with E-state index in [2.05, 4.69) is 0 Å². The molecule has 0 saturated heterocycles. The van der Waals surface area contributed by atoms with Gasteiger partial charge in [0.25, 0.3) is 0 Å². The van der Waals surface area contributed by atoms with E-state index in [1.807, 2.05) is 6.92 Å². The number of benzene rings is 1. The van der Waals surface area contributed by atoms with Crippen LogP contribution >= 0.6 is 0 Å². The summed E-state index contributed by atoms with van der Waals surface area (Å²) >= 11 is 0. The molecule has 16 heavy (non-hydrogen) atoms. The lowest BCUT2D eigenvalue weighted by atomic mass is 10.0. The average molecular weight is 229 g/mol. The van der Waals surface area contributed by atoms with Gasteiger partial charge in [0.15, 0.2) is 0 Å². The van der Waals surface area contributed by atoms with E-state index in [9.17, 15) is 8.78 Å². The Bertz CT molecular complexity index is 311. The summed E-state index contributed by atoms with van der Waals surface area (Å²) in [4.78, 5) is 0. The molecule has 0 aliphatic heterocycles. The molecule has 1 atom stereocenters. The minimum atomic E-state index is -0.597. The molecule has 1 aromatic rings. The highest BCUT2D eigenvalue weighted by atomic mass is 19.1. The zero-order valence-corrected chi connectivity index (χ0v) is 9.38. The second-order valence-corrected chi connectivity index (χ2v) is 3.71. The SMILES string of the molecule is CCCOCCC(N)c1cc(F)cc(F)c1. The lowest BCUT2D eigenvalue weighted by Crippen LogP contribution is -2.14. The maximum absolute atomic E-state index is 12.9. The average Bonchev–Trinajstić information content (AvgIpc) is 2.22. The number of nitrogens with two attached hydrogens (primary N) is 1. The Kier molecular flexibility index (Phi) is 5.35. The van der Waals surface area contributed by atoms with Crippen LogP contribution in [0.5, 0.6) is 0 Å². The molecule has 0 amide bonds. The maximum Gasteiger partial charge on any atom is 0.126 e. The third-order valence-corrected chi connectivity index (χ3v) is 2.23. The van der Waals surface area contributed by atoms with Crippen molar-refractivity contribution in [2.45, 2.75) is 25.8 Å². The Labute approximate surface area is 94.4 Å². The summed E-state index contributed by atoms with van der Waals surface area (Å²) in [6.07, 6.45) is 1.51. The number of ether oxygens (including phenoxy) is 1. The summed E-state index contributed by atoms with van der Waals surface area (Å²) in [6, 6.07) is 2.97. The molecule has 1 unspecified atom stereocenters. The van der Waals surface area contributed by atoms with E-state index in [1.165, 1.54) is 12.1 Å². The molecule has 1 aromatic carbocycles. The standard InChI is InChI=1S/C12H17F2NO/c1-2-4-16-5-3-12(15)9-6-10(13)8-11(14)7-9/h6-8,12H,2-5,15H2,1H3. The summed E-state index contributed by atoms with van der Waals surface area (Å²) in [5.74, 6) is -1.19. The Balaban J connectivity index is 2.48. The van der Waals surface area contributed by atoms with Gasteiger partial charge in [-0.3, -0.25) is 0 Å². The van der Waals surface area contributed by atoms with Crippen LogP contribution in [0, 0.1) is 11.6 Å². The molecular weight excluding hydrogens is 212 g/mol. The van der Waals surface area contributed by atoms with Crippen LogP contribution in [0.3, 0.4) is 0 Å². The molecule has 4 heteroatoms. The van der Waals surface area contributed by atoms with Crippen LogP contribution in [0.25, 0.3) is 0 Å². The van der Waals surface area contributed by atoms with E-state index >= 15 is 0 Å². The van der Waals surface area contributed by atoms with E-state index in [0.717, 1.165) is 12.5 Å². The predicted molar refractivity (Wildman–Crippen MR) is 59.0 cm³/mol. The first kappa shape index (κ1) is 13.1. The smallest absolute Gasteiger partial charge is 0.126 e. The van der Waals surface area contributed by atoms with E-state index in [1.54, 1.807) is 0 Å². The van der Waals surface area contributed by atoms with Gasteiger partial charge in [-0.1, -0.05) is 6.92 Å². The van der Waals surface area contributed by atoms with Gasteiger partial charge in [0.2, 0.25) is 0 Å². The molecule has 0 spiro atoms. The summed E-state index contributed by atoms with van der Waals surface area (Å²) in [5.41, 5.74) is 6.27. The fourth-order valence-electron chi connectivity index (χ4n) is 1.41. The quantitative estimate of drug-likeness (QED) is 0.761. The molecule has 0 saturated carbocycles. The van der Waals surface area contributed by atoms with Gasteiger partial charge in [0.05, 0.1) is 0 Å². The van der Waals surface area contributed by atoms with Crippen LogP contribution in [0.1, 0.15) is 31.4 Å². The van der Waals surface area contributed by atoms with Crippen molar-refractivity contribution in [3.63, 3.8) is 0 Å². The molecule has 2 N–H and O–H groups in total. The Morgan fingerprint density at radius 3 is 2.38 bits per heavy atom. The topological polar surface area (TPSA) is 35.2 Å². The van der Waals surface area contributed by atoms with Crippen molar-refractivity contribution in [1.82, 2.24) is 0 Å². The van der Waals surface area contributed by atoms with Crippen molar-refractivity contribution in [3.05, 3.63) is 35.4 Å². The zero-order valence-electron chi connectivity index (χ0n) is 9.38. The summed E-state index contributed by atoms with van der Waals surface area (Å²) in [5, 5.41) is 0. The predicted octanol–water partition coefficient (Wildman–Crippen LogP) is 2.78. The van der Waals surface area contributed by atoms with E-state index < -0.39 is 11.6 Å². The number of rotatable bonds is 6. The Hall–Kier alpha value is -1.00. The molecule has 0 bridgehead atoms. The third-order valence-electron chi connectivity index (χ3n) is 2.23. The fraction of sp³-hybridized carbons (Fsp3) is 0.500. The molecule has 0 fully saturated rings. The lowest BCUT2D eigenvalue weighted by molar-refractivity contribution is 0.127. The summed E-state index contributed by atoms with van der Waals surface area (Å²) < 4.78 is 31.1. The lowest BCUT2D eigenvalue weighted by Gasteiger charge is -2.12. The third kappa shape index (κ3) is 4.24. The highest BCUT2D eigenvalue weighted by Crippen LogP contribution is 2.17. The molecule has 0 radical (unpaired) electrons. The molecule has 90 valence electrons. The minimum absolute atomic E-state index is 0.387. The molecule has 0 aromatic heterocycles. The van der Waals surface area contributed by atoms with Crippen LogP contribution in [-0.2, 0) is 4.74 Å². The molecular formula is C12H17F2NO. The van der Waals surface area contributed by atoms with Crippen LogP contribution in [-0.4, -0.2) is 13.2 Å². The Morgan fingerprint density at radius 1 is 1.19 bits per heavy atom. The first-order chi connectivity index (χ1) is 7.63. The second kappa shape index (κ2) is 6.55. The molecule has 2 nitrogen and oxygen atoms in total. The van der Waals surface area contributed by atoms with Gasteiger partial charge in [-0.15, -0.1) is 0 Å². The van der Waals surface area contributed by atoms with Gasteiger partial charge in [0.1, 0.15) is 11.6 Å². The first-order valence-electron chi connectivity index (χ1n) is 5.42. The number of hydrogen-bond acceptors (Lipinski definition) is 2. The van der Waals surface area contributed by atoms with Crippen molar-refractivity contribution in [3.8, 4) is 0 Å². The van der Waals surface area contributed by atoms with E-state index in [-0.39, 0.29) is 6.04 Å². The largest absolute Gasteiger partial charge is 0.381 e. The van der Waals surface area contributed by atoms with Crippen LogP contribution in [0.2, 0.25) is 0 Å². The van der Waals surface area contributed by atoms with Crippen molar-refractivity contribution in [2.75, 3.05) is 13.2 Å². The summed E-state index contributed by atoms with van der Waals surface area (Å²) in [6.45, 7) is 3.21. The van der Waals surface area contributed by atoms with Crippen LogP contribution in [0.15, 0.2) is 18.2 Å². The highest BCUT2D eigenvalue weighted by molar-refractivity contribution is 5.20. The van der Waals surface area contributed by atoms with Crippen LogP contribution in [0.4, 0.5) is 8.78 Å². The van der Waals surface area contributed by atoms with Gasteiger partial charge < -0.3 is 10.5 Å². The number of halogens is 2. The minimum Gasteiger partial charge on any atom is -0.381 e. The molecule has 0 aliphatic rings.